The van der Waals surface area contributed by atoms with Gasteiger partial charge in [0.25, 0.3) is 0 Å². The number of carbonyl (C=O) groups excluding carboxylic acids is 1. The van der Waals surface area contributed by atoms with E-state index < -0.39 is 10.0 Å². The molecule has 1 aromatic rings. The maximum Gasteiger partial charge on any atom is 0.243 e. The monoisotopic (exact) mass is 416 g/mol. The van der Waals surface area contributed by atoms with Crippen LogP contribution in [0, 0.1) is 0 Å². The Bertz CT molecular complexity index is 733. The fourth-order valence-corrected chi connectivity index (χ4v) is 5.31. The zero-order chi connectivity index (χ0) is 19.9. The number of amides is 1. The third-order valence-corrected chi connectivity index (χ3v) is 7.05. The van der Waals surface area contributed by atoms with E-state index in [1.165, 1.54) is 29.6 Å². The molecule has 1 aliphatic carbocycles. The van der Waals surface area contributed by atoms with Crippen LogP contribution in [0.1, 0.15) is 51.9 Å². The highest BCUT2D eigenvalue weighted by Crippen LogP contribution is 2.31. The molecule has 27 heavy (non-hydrogen) atoms. The van der Waals surface area contributed by atoms with Crippen molar-refractivity contribution in [1.82, 2.24) is 9.62 Å². The van der Waals surface area contributed by atoms with Crippen molar-refractivity contribution in [2.45, 2.75) is 62.8 Å². The largest absolute Gasteiger partial charge is 0.495 e. The predicted molar refractivity (Wildman–Crippen MR) is 107 cm³/mol. The van der Waals surface area contributed by atoms with E-state index in [9.17, 15) is 13.2 Å². The molecule has 0 spiro atoms. The molecule has 1 fully saturated rings. The minimum Gasteiger partial charge on any atom is -0.495 e. The summed E-state index contributed by atoms with van der Waals surface area (Å²) in [6, 6.07) is 4.24. The van der Waals surface area contributed by atoms with Crippen LogP contribution in [0.3, 0.4) is 0 Å². The molecule has 0 aromatic heterocycles. The Balaban J connectivity index is 2.27. The molecule has 0 atom stereocenters. The normalized spacial score (nSPS) is 15.7. The highest BCUT2D eigenvalue weighted by Gasteiger charge is 2.34. The fraction of sp³-hybridized carbons (Fsp3) is 0.632. The number of hydrogen-bond donors (Lipinski definition) is 1. The number of nitrogens with zero attached hydrogens (tertiary/aromatic N) is 1. The number of benzene rings is 1. The Kier molecular flexibility index (Phi) is 8.38. The minimum atomic E-state index is -3.84. The maximum atomic E-state index is 13.3. The summed E-state index contributed by atoms with van der Waals surface area (Å²) < 4.78 is 33.0. The van der Waals surface area contributed by atoms with Gasteiger partial charge in [0.1, 0.15) is 5.75 Å². The quantitative estimate of drug-likeness (QED) is 0.624. The van der Waals surface area contributed by atoms with E-state index >= 15 is 0 Å². The molecule has 0 radical (unpaired) electrons. The van der Waals surface area contributed by atoms with Gasteiger partial charge in [0.15, 0.2) is 0 Å². The number of methoxy groups -OCH3 is 1. The molecule has 152 valence electrons. The summed E-state index contributed by atoms with van der Waals surface area (Å²) in [7, 11) is -2.36. The Morgan fingerprint density at radius 2 is 2.00 bits per heavy atom. The first-order valence-corrected chi connectivity index (χ1v) is 11.3. The van der Waals surface area contributed by atoms with E-state index in [0.29, 0.717) is 12.3 Å². The molecule has 6 nitrogen and oxygen atoms in total. The predicted octanol–water partition coefficient (Wildman–Crippen LogP) is 3.59. The Hall–Kier alpha value is -1.31. The zero-order valence-electron chi connectivity index (χ0n) is 16.0. The molecule has 1 aliphatic rings. The second kappa shape index (κ2) is 10.3. The van der Waals surface area contributed by atoms with E-state index in [1.54, 1.807) is 0 Å². The average molecular weight is 417 g/mol. The number of halogens is 1. The van der Waals surface area contributed by atoms with Gasteiger partial charge < -0.3 is 10.1 Å². The van der Waals surface area contributed by atoms with Gasteiger partial charge in [-0.2, -0.15) is 4.31 Å². The van der Waals surface area contributed by atoms with Crippen molar-refractivity contribution in [3.05, 3.63) is 23.2 Å². The first-order valence-electron chi connectivity index (χ1n) is 9.52. The lowest BCUT2D eigenvalue weighted by Gasteiger charge is -2.33. The third-order valence-electron chi connectivity index (χ3n) is 4.86. The smallest absolute Gasteiger partial charge is 0.243 e. The average Bonchev–Trinajstić information content (AvgIpc) is 2.66. The summed E-state index contributed by atoms with van der Waals surface area (Å²) in [6.45, 7) is 2.43. The molecule has 1 amide bonds. The van der Waals surface area contributed by atoms with Crippen molar-refractivity contribution >= 4 is 27.5 Å². The lowest BCUT2D eigenvalue weighted by Crippen LogP contribution is -2.47. The second-order valence-electron chi connectivity index (χ2n) is 6.84. The molecule has 0 unspecified atom stereocenters. The lowest BCUT2D eigenvalue weighted by atomic mass is 9.95. The van der Waals surface area contributed by atoms with Crippen molar-refractivity contribution < 1.29 is 17.9 Å². The van der Waals surface area contributed by atoms with Gasteiger partial charge in [-0.25, -0.2) is 8.42 Å². The molecule has 1 N–H and O–H groups in total. The third kappa shape index (κ3) is 5.83. The number of hydrogen-bond acceptors (Lipinski definition) is 4. The molecule has 0 heterocycles. The van der Waals surface area contributed by atoms with Gasteiger partial charge in [0.05, 0.1) is 23.6 Å². The van der Waals surface area contributed by atoms with Gasteiger partial charge in [-0.15, -0.1) is 0 Å². The SMILES string of the molecule is CCCCNC(=O)CN(C1CCCCC1)S(=O)(=O)c1ccc(OC)c(Cl)c1. The van der Waals surface area contributed by atoms with Gasteiger partial charge in [-0.05, 0) is 37.5 Å². The lowest BCUT2D eigenvalue weighted by molar-refractivity contribution is -0.121. The molecule has 1 aromatic carbocycles. The number of nitrogens with one attached hydrogen (secondary N) is 1. The van der Waals surface area contributed by atoms with Crippen LogP contribution >= 0.6 is 11.6 Å². The molecule has 1 saturated carbocycles. The fourth-order valence-electron chi connectivity index (χ4n) is 3.32. The first kappa shape index (κ1) is 22.0. The van der Waals surface area contributed by atoms with Crippen LogP contribution < -0.4 is 10.1 Å². The summed E-state index contributed by atoms with van der Waals surface area (Å²) in [5.74, 6) is 0.148. The van der Waals surface area contributed by atoms with Crippen LogP contribution in [0.15, 0.2) is 23.1 Å². The van der Waals surface area contributed by atoms with Crippen LogP contribution in [-0.4, -0.2) is 44.9 Å². The summed E-state index contributed by atoms with van der Waals surface area (Å²) in [5.41, 5.74) is 0. The first-order chi connectivity index (χ1) is 12.9. The van der Waals surface area contributed by atoms with Crippen LogP contribution in [0.25, 0.3) is 0 Å². The van der Waals surface area contributed by atoms with Crippen molar-refractivity contribution in [2.24, 2.45) is 0 Å². The number of sulfonamides is 1. The zero-order valence-corrected chi connectivity index (χ0v) is 17.6. The number of carbonyl (C=O) groups is 1. The molecular formula is C19H29ClN2O4S. The topological polar surface area (TPSA) is 75.7 Å². The van der Waals surface area contributed by atoms with Crippen LogP contribution in [-0.2, 0) is 14.8 Å². The van der Waals surface area contributed by atoms with Crippen molar-refractivity contribution in [1.29, 1.82) is 0 Å². The molecular weight excluding hydrogens is 388 g/mol. The summed E-state index contributed by atoms with van der Waals surface area (Å²) in [4.78, 5) is 12.4. The molecule has 2 rings (SSSR count). The Labute approximate surface area is 167 Å². The number of unbranched alkanes of at least 4 members (excludes halogenated alkanes) is 1. The van der Waals surface area contributed by atoms with Gasteiger partial charge >= 0.3 is 0 Å². The van der Waals surface area contributed by atoms with Crippen molar-refractivity contribution in [3.8, 4) is 5.75 Å². The van der Waals surface area contributed by atoms with E-state index in [-0.39, 0.29) is 28.4 Å². The van der Waals surface area contributed by atoms with E-state index in [4.69, 9.17) is 16.3 Å². The van der Waals surface area contributed by atoms with Crippen LogP contribution in [0.2, 0.25) is 5.02 Å². The summed E-state index contributed by atoms with van der Waals surface area (Å²) >= 11 is 6.13. The maximum absolute atomic E-state index is 13.3. The number of ether oxygens (including phenoxy) is 1. The minimum absolute atomic E-state index is 0.0835. The Morgan fingerprint density at radius 1 is 1.30 bits per heavy atom. The highest BCUT2D eigenvalue weighted by molar-refractivity contribution is 7.89. The highest BCUT2D eigenvalue weighted by atomic mass is 35.5. The van der Waals surface area contributed by atoms with Crippen LogP contribution in [0.5, 0.6) is 5.75 Å². The molecule has 0 aliphatic heterocycles. The standard InChI is InChI=1S/C19H29ClN2O4S/c1-3-4-12-21-19(23)14-22(15-8-6-5-7-9-15)27(24,25)16-10-11-18(26-2)17(20)13-16/h10-11,13,15H,3-9,12,14H2,1-2H3,(H,21,23). The molecule has 0 saturated heterocycles. The van der Waals surface area contributed by atoms with Crippen molar-refractivity contribution in [2.75, 3.05) is 20.2 Å². The molecule has 0 bridgehead atoms. The number of rotatable bonds is 9. The van der Waals surface area contributed by atoms with E-state index in [0.717, 1.165) is 44.9 Å². The van der Waals surface area contributed by atoms with Crippen LogP contribution in [0.4, 0.5) is 0 Å². The summed E-state index contributed by atoms with van der Waals surface area (Å²) in [5, 5.41) is 3.05. The van der Waals surface area contributed by atoms with Crippen molar-refractivity contribution in [3.63, 3.8) is 0 Å². The second-order valence-corrected chi connectivity index (χ2v) is 9.14. The van der Waals surface area contributed by atoms with Gasteiger partial charge in [-0.1, -0.05) is 44.2 Å². The van der Waals surface area contributed by atoms with Gasteiger partial charge in [0.2, 0.25) is 15.9 Å². The van der Waals surface area contributed by atoms with E-state index in [2.05, 4.69) is 5.32 Å². The van der Waals surface area contributed by atoms with E-state index in [1.807, 2.05) is 6.92 Å². The Morgan fingerprint density at radius 3 is 2.59 bits per heavy atom. The summed E-state index contributed by atoms with van der Waals surface area (Å²) in [6.07, 6.45) is 6.42. The molecule has 8 heteroatoms. The van der Waals surface area contributed by atoms with Gasteiger partial charge in [-0.3, -0.25) is 4.79 Å². The van der Waals surface area contributed by atoms with Gasteiger partial charge in [0, 0.05) is 12.6 Å².